The average molecular weight is 283 g/mol. The molecular formula is C13H17NO4S. The zero-order chi connectivity index (χ0) is 14.0. The van der Waals surface area contributed by atoms with Crippen molar-refractivity contribution in [2.24, 2.45) is 0 Å². The maximum Gasteiger partial charge on any atom is 0.348 e. The number of esters is 1. The topological polar surface area (TPSA) is 55.8 Å². The monoisotopic (exact) mass is 283 g/mol. The summed E-state index contributed by atoms with van der Waals surface area (Å²) >= 11 is 1.16. The summed E-state index contributed by atoms with van der Waals surface area (Å²) in [7, 11) is 1.33. The summed E-state index contributed by atoms with van der Waals surface area (Å²) in [6.45, 7) is 5.02. The Morgan fingerprint density at radius 3 is 2.74 bits per heavy atom. The second-order valence-electron chi connectivity index (χ2n) is 4.61. The van der Waals surface area contributed by atoms with E-state index in [1.807, 2.05) is 13.8 Å². The third kappa shape index (κ3) is 2.96. The van der Waals surface area contributed by atoms with Gasteiger partial charge in [-0.25, -0.2) is 4.79 Å². The highest BCUT2D eigenvalue weighted by molar-refractivity contribution is 7.15. The third-order valence-corrected chi connectivity index (χ3v) is 4.13. The second kappa shape index (κ2) is 5.71. The Hall–Kier alpha value is -1.40. The Morgan fingerprint density at radius 1 is 1.37 bits per heavy atom. The SMILES string of the molecule is COC(=O)c1ccc(C(=O)N2C[C@@H](C)OC[C@H]2C)s1. The molecule has 2 heterocycles. The number of carbonyl (C=O) groups excluding carboxylic acids is 2. The molecule has 0 bridgehead atoms. The summed E-state index contributed by atoms with van der Waals surface area (Å²) in [5, 5.41) is 0. The molecule has 1 aromatic heterocycles. The third-order valence-electron chi connectivity index (χ3n) is 3.07. The number of nitrogens with zero attached hydrogens (tertiary/aromatic N) is 1. The van der Waals surface area contributed by atoms with Gasteiger partial charge >= 0.3 is 5.97 Å². The standard InChI is InChI=1S/C13H17NO4S/c1-8-7-18-9(2)6-14(8)12(15)10-4-5-11(19-10)13(16)17-3/h4-5,8-9H,6-7H2,1-3H3/t8-,9-/m1/s1. The summed E-state index contributed by atoms with van der Waals surface area (Å²) < 4.78 is 10.1. The number of morpholine rings is 1. The minimum atomic E-state index is -0.410. The van der Waals surface area contributed by atoms with Crippen LogP contribution in [0.1, 0.15) is 33.2 Å². The first-order chi connectivity index (χ1) is 9.02. The molecule has 1 amide bonds. The van der Waals surface area contributed by atoms with Crippen molar-refractivity contribution in [2.75, 3.05) is 20.3 Å². The number of methoxy groups -OCH3 is 1. The fraction of sp³-hybridized carbons (Fsp3) is 0.538. The van der Waals surface area contributed by atoms with E-state index in [0.717, 1.165) is 11.3 Å². The van der Waals surface area contributed by atoms with E-state index in [4.69, 9.17) is 4.74 Å². The Morgan fingerprint density at radius 2 is 2.05 bits per heavy atom. The quantitative estimate of drug-likeness (QED) is 0.776. The molecule has 1 fully saturated rings. The van der Waals surface area contributed by atoms with Crippen LogP contribution in [0.5, 0.6) is 0 Å². The lowest BCUT2D eigenvalue weighted by Gasteiger charge is -2.36. The van der Waals surface area contributed by atoms with Crippen molar-refractivity contribution < 1.29 is 19.1 Å². The minimum Gasteiger partial charge on any atom is -0.465 e. The minimum absolute atomic E-state index is 0.0418. The largest absolute Gasteiger partial charge is 0.465 e. The van der Waals surface area contributed by atoms with E-state index in [0.29, 0.717) is 22.9 Å². The van der Waals surface area contributed by atoms with Gasteiger partial charge in [-0.3, -0.25) is 4.79 Å². The maximum absolute atomic E-state index is 12.4. The van der Waals surface area contributed by atoms with E-state index in [9.17, 15) is 9.59 Å². The molecule has 1 saturated heterocycles. The molecule has 2 rings (SSSR count). The highest BCUT2D eigenvalue weighted by atomic mass is 32.1. The van der Waals surface area contributed by atoms with Gasteiger partial charge in [-0.2, -0.15) is 0 Å². The van der Waals surface area contributed by atoms with Crippen LogP contribution in [0, 0.1) is 0 Å². The number of rotatable bonds is 2. The smallest absolute Gasteiger partial charge is 0.348 e. The van der Waals surface area contributed by atoms with Gasteiger partial charge in [-0.1, -0.05) is 0 Å². The van der Waals surface area contributed by atoms with Crippen LogP contribution in [0.3, 0.4) is 0 Å². The Kier molecular flexibility index (Phi) is 4.21. The molecule has 6 heteroatoms. The zero-order valence-electron chi connectivity index (χ0n) is 11.2. The molecule has 0 saturated carbocycles. The molecule has 5 nitrogen and oxygen atoms in total. The van der Waals surface area contributed by atoms with Gasteiger partial charge in [0.05, 0.1) is 30.7 Å². The number of amides is 1. The second-order valence-corrected chi connectivity index (χ2v) is 5.69. The first-order valence-electron chi connectivity index (χ1n) is 6.13. The van der Waals surface area contributed by atoms with Crippen molar-refractivity contribution in [3.63, 3.8) is 0 Å². The summed E-state index contributed by atoms with van der Waals surface area (Å²) in [4.78, 5) is 26.6. The molecule has 1 aliphatic heterocycles. The molecule has 0 unspecified atom stereocenters. The molecule has 0 aliphatic carbocycles. The van der Waals surface area contributed by atoms with Crippen molar-refractivity contribution in [3.8, 4) is 0 Å². The number of hydrogen-bond acceptors (Lipinski definition) is 5. The lowest BCUT2D eigenvalue weighted by molar-refractivity contribution is -0.0385. The van der Waals surface area contributed by atoms with E-state index >= 15 is 0 Å². The van der Waals surface area contributed by atoms with E-state index in [1.165, 1.54) is 7.11 Å². The van der Waals surface area contributed by atoms with Gasteiger partial charge in [0.15, 0.2) is 0 Å². The molecule has 0 aromatic carbocycles. The van der Waals surface area contributed by atoms with Crippen molar-refractivity contribution in [1.29, 1.82) is 0 Å². The molecule has 1 aromatic rings. The van der Waals surface area contributed by atoms with Gasteiger partial charge in [0.25, 0.3) is 5.91 Å². The lowest BCUT2D eigenvalue weighted by atomic mass is 10.2. The molecule has 0 radical (unpaired) electrons. The van der Waals surface area contributed by atoms with Crippen LogP contribution in [0.4, 0.5) is 0 Å². The van der Waals surface area contributed by atoms with E-state index in [2.05, 4.69) is 4.74 Å². The molecule has 19 heavy (non-hydrogen) atoms. The van der Waals surface area contributed by atoms with Crippen LogP contribution in [0.25, 0.3) is 0 Å². The van der Waals surface area contributed by atoms with Gasteiger partial charge in [0.2, 0.25) is 0 Å². The molecular weight excluding hydrogens is 266 g/mol. The van der Waals surface area contributed by atoms with E-state index in [-0.39, 0.29) is 18.1 Å². The number of hydrogen-bond donors (Lipinski definition) is 0. The Balaban J connectivity index is 2.14. The number of thiophene rings is 1. The summed E-state index contributed by atoms with van der Waals surface area (Å²) in [6.07, 6.45) is 0.0418. The van der Waals surface area contributed by atoms with Crippen molar-refractivity contribution >= 4 is 23.2 Å². The molecule has 1 aliphatic rings. The highest BCUT2D eigenvalue weighted by Crippen LogP contribution is 2.22. The zero-order valence-corrected chi connectivity index (χ0v) is 12.0. The van der Waals surface area contributed by atoms with E-state index in [1.54, 1.807) is 17.0 Å². The number of ether oxygens (including phenoxy) is 2. The summed E-state index contributed by atoms with van der Waals surface area (Å²) in [5.74, 6) is -0.463. The normalized spacial score (nSPS) is 23.2. The molecule has 104 valence electrons. The van der Waals surface area contributed by atoms with Crippen LogP contribution in [-0.4, -0.2) is 49.2 Å². The first-order valence-corrected chi connectivity index (χ1v) is 6.95. The Bertz CT molecular complexity index is 485. The van der Waals surface area contributed by atoms with E-state index < -0.39 is 5.97 Å². The van der Waals surface area contributed by atoms with Gasteiger partial charge < -0.3 is 14.4 Å². The van der Waals surface area contributed by atoms with Gasteiger partial charge in [-0.05, 0) is 26.0 Å². The lowest BCUT2D eigenvalue weighted by Crippen LogP contribution is -2.50. The van der Waals surface area contributed by atoms with Gasteiger partial charge in [0, 0.05) is 6.54 Å². The molecule has 0 N–H and O–H groups in total. The first kappa shape index (κ1) is 14.0. The van der Waals surface area contributed by atoms with Crippen LogP contribution < -0.4 is 0 Å². The average Bonchev–Trinajstić information content (AvgIpc) is 2.89. The Labute approximate surface area is 116 Å². The van der Waals surface area contributed by atoms with Crippen molar-refractivity contribution in [2.45, 2.75) is 26.0 Å². The van der Waals surface area contributed by atoms with Crippen molar-refractivity contribution in [1.82, 2.24) is 4.90 Å². The predicted octanol–water partition coefficient (Wildman–Crippen LogP) is 1.78. The van der Waals surface area contributed by atoms with Crippen molar-refractivity contribution in [3.05, 3.63) is 21.9 Å². The highest BCUT2D eigenvalue weighted by Gasteiger charge is 2.29. The molecule has 0 spiro atoms. The molecule has 2 atom stereocenters. The van der Waals surface area contributed by atoms with Gasteiger partial charge in [-0.15, -0.1) is 11.3 Å². The van der Waals surface area contributed by atoms with Crippen LogP contribution in [0.15, 0.2) is 12.1 Å². The fourth-order valence-corrected chi connectivity index (χ4v) is 2.87. The van der Waals surface area contributed by atoms with Gasteiger partial charge in [0.1, 0.15) is 4.88 Å². The predicted molar refractivity (Wildman–Crippen MR) is 71.6 cm³/mol. The fourth-order valence-electron chi connectivity index (χ4n) is 1.99. The van der Waals surface area contributed by atoms with Crippen LogP contribution >= 0.6 is 11.3 Å². The summed E-state index contributed by atoms with van der Waals surface area (Å²) in [5.41, 5.74) is 0. The maximum atomic E-state index is 12.4. The number of carbonyl (C=O) groups is 2. The van der Waals surface area contributed by atoms with Crippen LogP contribution in [-0.2, 0) is 9.47 Å². The van der Waals surface area contributed by atoms with Crippen LogP contribution in [0.2, 0.25) is 0 Å². The summed E-state index contributed by atoms with van der Waals surface area (Å²) in [6, 6.07) is 3.34.